The maximum absolute atomic E-state index is 6.18. The van der Waals surface area contributed by atoms with E-state index < -0.39 is 0 Å². The van der Waals surface area contributed by atoms with Crippen LogP contribution in [0.4, 0.5) is 0 Å². The SMILES string of the molecule is COc1cccc(CN(C)C(c2ccsc2)C(C)N)c1. The number of thiophene rings is 1. The molecule has 108 valence electrons. The first-order valence-corrected chi connectivity index (χ1v) is 7.67. The van der Waals surface area contributed by atoms with Crippen LogP contribution in [0.2, 0.25) is 0 Å². The molecule has 0 aliphatic rings. The lowest BCUT2D eigenvalue weighted by atomic mass is 10.0. The van der Waals surface area contributed by atoms with Gasteiger partial charge in [0.15, 0.2) is 0 Å². The molecule has 0 aliphatic carbocycles. The third-order valence-electron chi connectivity index (χ3n) is 3.42. The lowest BCUT2D eigenvalue weighted by molar-refractivity contribution is 0.211. The largest absolute Gasteiger partial charge is 0.497 e. The van der Waals surface area contributed by atoms with Gasteiger partial charge in [-0.05, 0) is 54.1 Å². The van der Waals surface area contributed by atoms with Crippen LogP contribution in [0.3, 0.4) is 0 Å². The Bertz CT molecular complexity index is 525. The second-order valence-electron chi connectivity index (χ2n) is 5.13. The quantitative estimate of drug-likeness (QED) is 0.887. The number of benzene rings is 1. The molecule has 0 bridgehead atoms. The first kappa shape index (κ1) is 15.0. The highest BCUT2D eigenvalue weighted by atomic mass is 32.1. The molecule has 2 unspecified atom stereocenters. The summed E-state index contributed by atoms with van der Waals surface area (Å²) in [4.78, 5) is 2.29. The number of hydrogen-bond acceptors (Lipinski definition) is 4. The summed E-state index contributed by atoms with van der Waals surface area (Å²) in [6, 6.07) is 10.6. The normalized spacial score (nSPS) is 14.2. The van der Waals surface area contributed by atoms with E-state index in [-0.39, 0.29) is 12.1 Å². The average molecular weight is 290 g/mol. The van der Waals surface area contributed by atoms with Crippen LogP contribution in [0.25, 0.3) is 0 Å². The molecule has 0 aliphatic heterocycles. The van der Waals surface area contributed by atoms with E-state index in [1.807, 2.05) is 12.1 Å². The van der Waals surface area contributed by atoms with Crippen LogP contribution in [-0.2, 0) is 6.54 Å². The molecule has 2 rings (SSSR count). The zero-order valence-electron chi connectivity index (χ0n) is 12.2. The van der Waals surface area contributed by atoms with Gasteiger partial charge in [0, 0.05) is 12.6 Å². The molecule has 2 N–H and O–H groups in total. The summed E-state index contributed by atoms with van der Waals surface area (Å²) >= 11 is 1.71. The van der Waals surface area contributed by atoms with Crippen molar-refractivity contribution in [2.45, 2.75) is 25.6 Å². The molecule has 0 radical (unpaired) electrons. The summed E-state index contributed by atoms with van der Waals surface area (Å²) in [5.74, 6) is 0.892. The molecule has 0 fully saturated rings. The van der Waals surface area contributed by atoms with Crippen LogP contribution in [0.5, 0.6) is 5.75 Å². The second kappa shape index (κ2) is 6.88. The zero-order valence-corrected chi connectivity index (χ0v) is 13.1. The van der Waals surface area contributed by atoms with Gasteiger partial charge in [0.25, 0.3) is 0 Å². The molecule has 0 saturated carbocycles. The standard InChI is InChI=1S/C16H22N2OS/c1-12(17)16(14-7-8-20-11-14)18(2)10-13-5-4-6-15(9-13)19-3/h4-9,11-12,16H,10,17H2,1-3H3. The summed E-state index contributed by atoms with van der Waals surface area (Å²) in [7, 11) is 3.81. The van der Waals surface area contributed by atoms with E-state index in [1.54, 1.807) is 18.4 Å². The Hall–Kier alpha value is -1.36. The van der Waals surface area contributed by atoms with E-state index in [0.29, 0.717) is 0 Å². The van der Waals surface area contributed by atoms with Gasteiger partial charge in [-0.3, -0.25) is 4.90 Å². The zero-order chi connectivity index (χ0) is 14.5. The van der Waals surface area contributed by atoms with Crippen molar-refractivity contribution in [3.63, 3.8) is 0 Å². The molecular weight excluding hydrogens is 268 g/mol. The van der Waals surface area contributed by atoms with Crippen molar-refractivity contribution in [3.8, 4) is 5.75 Å². The van der Waals surface area contributed by atoms with Crippen LogP contribution in [0, 0.1) is 0 Å². The van der Waals surface area contributed by atoms with Gasteiger partial charge in [-0.2, -0.15) is 11.3 Å². The average Bonchev–Trinajstić information content (AvgIpc) is 2.92. The van der Waals surface area contributed by atoms with E-state index in [9.17, 15) is 0 Å². The number of nitrogens with two attached hydrogens (primary N) is 1. The van der Waals surface area contributed by atoms with E-state index in [1.165, 1.54) is 11.1 Å². The minimum Gasteiger partial charge on any atom is -0.497 e. The monoisotopic (exact) mass is 290 g/mol. The number of nitrogens with zero attached hydrogens (tertiary/aromatic N) is 1. The molecular formula is C16H22N2OS. The third-order valence-corrected chi connectivity index (χ3v) is 4.13. The lowest BCUT2D eigenvalue weighted by Crippen LogP contribution is -2.36. The molecule has 0 spiro atoms. The Kier molecular flexibility index (Phi) is 5.17. The fourth-order valence-electron chi connectivity index (χ4n) is 2.56. The maximum atomic E-state index is 6.18. The fourth-order valence-corrected chi connectivity index (χ4v) is 3.25. The molecule has 2 atom stereocenters. The lowest BCUT2D eigenvalue weighted by Gasteiger charge is -2.30. The first-order chi connectivity index (χ1) is 9.61. The summed E-state index contributed by atoms with van der Waals surface area (Å²) in [5, 5.41) is 4.28. The Labute approximate surface area is 125 Å². The van der Waals surface area contributed by atoms with Crippen LogP contribution in [0.1, 0.15) is 24.1 Å². The second-order valence-corrected chi connectivity index (χ2v) is 5.91. The number of likely N-dealkylation sites (N-methyl/N-ethyl adjacent to an activating group) is 1. The van der Waals surface area contributed by atoms with Gasteiger partial charge in [-0.15, -0.1) is 0 Å². The van der Waals surface area contributed by atoms with E-state index in [4.69, 9.17) is 10.5 Å². The van der Waals surface area contributed by atoms with Gasteiger partial charge in [0.1, 0.15) is 5.75 Å². The minimum absolute atomic E-state index is 0.0835. The van der Waals surface area contributed by atoms with Gasteiger partial charge >= 0.3 is 0 Å². The van der Waals surface area contributed by atoms with Crippen molar-refractivity contribution in [3.05, 3.63) is 52.2 Å². The van der Waals surface area contributed by atoms with Gasteiger partial charge in [0.05, 0.1) is 13.2 Å². The predicted molar refractivity (Wildman–Crippen MR) is 85.2 cm³/mol. The number of hydrogen-bond donors (Lipinski definition) is 1. The summed E-state index contributed by atoms with van der Waals surface area (Å²) in [6.07, 6.45) is 0. The van der Waals surface area contributed by atoms with Crippen molar-refractivity contribution in [1.29, 1.82) is 0 Å². The van der Waals surface area contributed by atoms with Crippen LogP contribution >= 0.6 is 11.3 Å². The van der Waals surface area contributed by atoms with Crippen molar-refractivity contribution in [1.82, 2.24) is 4.90 Å². The molecule has 4 heteroatoms. The topological polar surface area (TPSA) is 38.5 Å². The van der Waals surface area contributed by atoms with E-state index >= 15 is 0 Å². The number of methoxy groups -OCH3 is 1. The Morgan fingerprint density at radius 3 is 2.75 bits per heavy atom. The Morgan fingerprint density at radius 2 is 2.15 bits per heavy atom. The van der Waals surface area contributed by atoms with E-state index in [0.717, 1.165) is 12.3 Å². The van der Waals surface area contributed by atoms with E-state index in [2.05, 4.69) is 47.8 Å². The summed E-state index contributed by atoms with van der Waals surface area (Å²) in [6.45, 7) is 2.91. The molecule has 3 nitrogen and oxygen atoms in total. The van der Waals surface area contributed by atoms with Crippen LogP contribution in [-0.4, -0.2) is 25.1 Å². The smallest absolute Gasteiger partial charge is 0.119 e. The molecule has 1 aromatic heterocycles. The molecule has 1 heterocycles. The first-order valence-electron chi connectivity index (χ1n) is 6.72. The summed E-state index contributed by atoms with van der Waals surface area (Å²) < 4.78 is 5.28. The summed E-state index contributed by atoms with van der Waals surface area (Å²) in [5.41, 5.74) is 8.69. The Morgan fingerprint density at radius 1 is 1.35 bits per heavy atom. The molecule has 20 heavy (non-hydrogen) atoms. The highest BCUT2D eigenvalue weighted by molar-refractivity contribution is 7.07. The molecule has 1 aromatic carbocycles. The van der Waals surface area contributed by atoms with Crippen molar-refractivity contribution < 1.29 is 4.74 Å². The minimum atomic E-state index is 0.0835. The highest BCUT2D eigenvalue weighted by Crippen LogP contribution is 2.26. The van der Waals surface area contributed by atoms with Gasteiger partial charge < -0.3 is 10.5 Å². The van der Waals surface area contributed by atoms with Crippen molar-refractivity contribution in [2.75, 3.05) is 14.2 Å². The number of rotatable bonds is 6. The molecule has 0 saturated heterocycles. The van der Waals surface area contributed by atoms with Crippen molar-refractivity contribution in [2.24, 2.45) is 5.73 Å². The van der Waals surface area contributed by atoms with Crippen LogP contribution in [0.15, 0.2) is 41.1 Å². The fraction of sp³-hybridized carbons (Fsp3) is 0.375. The number of ether oxygens (including phenoxy) is 1. The van der Waals surface area contributed by atoms with Gasteiger partial charge in [-0.1, -0.05) is 12.1 Å². The Balaban J connectivity index is 2.14. The van der Waals surface area contributed by atoms with Gasteiger partial charge in [-0.25, -0.2) is 0 Å². The molecule has 0 amide bonds. The maximum Gasteiger partial charge on any atom is 0.119 e. The van der Waals surface area contributed by atoms with Crippen LogP contribution < -0.4 is 10.5 Å². The van der Waals surface area contributed by atoms with Gasteiger partial charge in [0.2, 0.25) is 0 Å². The highest BCUT2D eigenvalue weighted by Gasteiger charge is 2.21. The third kappa shape index (κ3) is 3.60. The van der Waals surface area contributed by atoms with Crippen molar-refractivity contribution >= 4 is 11.3 Å². The molecule has 2 aromatic rings. The predicted octanol–water partition coefficient (Wildman–Crippen LogP) is 3.28.